The summed E-state index contributed by atoms with van der Waals surface area (Å²) in [6, 6.07) is 6.59. The van der Waals surface area contributed by atoms with Gasteiger partial charge in [-0.3, -0.25) is 4.90 Å². The van der Waals surface area contributed by atoms with Crippen molar-refractivity contribution in [1.29, 1.82) is 0 Å². The van der Waals surface area contributed by atoms with Crippen molar-refractivity contribution in [2.24, 2.45) is 0 Å². The van der Waals surface area contributed by atoms with E-state index in [1.807, 2.05) is 0 Å². The summed E-state index contributed by atoms with van der Waals surface area (Å²) < 4.78 is 4.59. The topological polar surface area (TPSA) is 65.9 Å². The third-order valence-electron chi connectivity index (χ3n) is 4.20. The van der Waals surface area contributed by atoms with Crippen molar-refractivity contribution in [2.45, 2.75) is 20.4 Å². The average Bonchev–Trinajstić information content (AvgIpc) is 2.99. The third kappa shape index (κ3) is 4.04. The molecule has 1 aromatic heterocycles. The number of carbonyl (C=O) groups is 1. The van der Waals surface area contributed by atoms with Gasteiger partial charge in [-0.15, -0.1) is 11.3 Å². The van der Waals surface area contributed by atoms with Crippen LogP contribution in [-0.4, -0.2) is 47.3 Å². The second kappa shape index (κ2) is 7.19. The Morgan fingerprint density at radius 1 is 1.29 bits per heavy atom. The van der Waals surface area contributed by atoms with E-state index in [1.54, 1.807) is 5.38 Å². The Balaban J connectivity index is 1.56. The number of hydrogen-bond donors (Lipinski definition) is 1. The maximum Gasteiger partial charge on any atom is 0.512 e. The zero-order chi connectivity index (χ0) is 17.1. The minimum atomic E-state index is -1.33. The number of anilines is 1. The van der Waals surface area contributed by atoms with Crippen LogP contribution >= 0.6 is 11.3 Å². The molecule has 1 N–H and O–H groups in total. The molecule has 0 saturated carbocycles. The van der Waals surface area contributed by atoms with Crippen LogP contribution in [0.25, 0.3) is 0 Å². The van der Waals surface area contributed by atoms with Gasteiger partial charge in [-0.05, 0) is 25.0 Å². The Bertz CT molecular complexity index is 724. The third-order valence-corrected chi connectivity index (χ3v) is 5.08. The number of rotatable bonds is 4. The number of carboxylic acid groups (broad SMARTS) is 1. The minimum absolute atomic E-state index is 0.153. The zero-order valence-corrected chi connectivity index (χ0v) is 14.7. The van der Waals surface area contributed by atoms with E-state index in [9.17, 15) is 4.79 Å². The highest BCUT2D eigenvalue weighted by Gasteiger charge is 2.20. The van der Waals surface area contributed by atoms with E-state index in [-0.39, 0.29) is 5.88 Å². The van der Waals surface area contributed by atoms with Crippen molar-refractivity contribution in [2.75, 3.05) is 31.1 Å². The largest absolute Gasteiger partial charge is 0.512 e. The van der Waals surface area contributed by atoms with Gasteiger partial charge in [0.25, 0.3) is 0 Å². The Morgan fingerprint density at radius 3 is 2.75 bits per heavy atom. The second-order valence-electron chi connectivity index (χ2n) is 6.03. The van der Waals surface area contributed by atoms with E-state index in [4.69, 9.17) is 5.11 Å². The van der Waals surface area contributed by atoms with Crippen molar-refractivity contribution in [3.8, 4) is 5.88 Å². The highest BCUT2D eigenvalue weighted by molar-refractivity contribution is 7.13. The Hall–Kier alpha value is -2.12. The van der Waals surface area contributed by atoms with Crippen LogP contribution in [0, 0.1) is 13.8 Å². The molecule has 0 aliphatic carbocycles. The number of aromatic nitrogens is 1. The van der Waals surface area contributed by atoms with Crippen LogP contribution in [0.4, 0.5) is 9.93 Å². The molecule has 1 saturated heterocycles. The molecule has 0 spiro atoms. The molecule has 1 aromatic carbocycles. The molecule has 2 heterocycles. The predicted molar refractivity (Wildman–Crippen MR) is 94.2 cm³/mol. The van der Waals surface area contributed by atoms with E-state index >= 15 is 0 Å². The van der Waals surface area contributed by atoms with Crippen LogP contribution in [0.1, 0.15) is 16.7 Å². The van der Waals surface area contributed by atoms with Crippen molar-refractivity contribution in [3.05, 3.63) is 40.3 Å². The first-order chi connectivity index (χ1) is 11.5. The van der Waals surface area contributed by atoms with Crippen molar-refractivity contribution in [1.82, 2.24) is 9.88 Å². The van der Waals surface area contributed by atoms with Gasteiger partial charge < -0.3 is 14.7 Å². The number of piperazine rings is 1. The smallest absolute Gasteiger partial charge is 0.449 e. The summed E-state index contributed by atoms with van der Waals surface area (Å²) in [4.78, 5) is 19.4. The van der Waals surface area contributed by atoms with Crippen molar-refractivity contribution in [3.63, 3.8) is 0 Å². The van der Waals surface area contributed by atoms with Crippen LogP contribution in [0.3, 0.4) is 0 Å². The van der Waals surface area contributed by atoms with Crippen LogP contribution < -0.4 is 9.64 Å². The van der Waals surface area contributed by atoms with Crippen molar-refractivity contribution >= 4 is 22.6 Å². The number of thiazole rings is 1. The van der Waals surface area contributed by atoms with Crippen LogP contribution in [0.2, 0.25) is 0 Å². The molecule has 1 fully saturated rings. The quantitative estimate of drug-likeness (QED) is 0.857. The molecular weight excluding hydrogens is 326 g/mol. The second-order valence-corrected chi connectivity index (χ2v) is 6.87. The predicted octanol–water partition coefficient (Wildman–Crippen LogP) is 3.14. The highest BCUT2D eigenvalue weighted by Crippen LogP contribution is 2.26. The molecule has 0 unspecified atom stereocenters. The van der Waals surface area contributed by atoms with Gasteiger partial charge >= 0.3 is 6.16 Å². The number of ether oxygens (including phenoxy) is 1. The fourth-order valence-corrected chi connectivity index (χ4v) is 3.62. The van der Waals surface area contributed by atoms with Gasteiger partial charge in [-0.1, -0.05) is 23.8 Å². The van der Waals surface area contributed by atoms with Gasteiger partial charge in [-0.25, -0.2) is 4.79 Å². The fraction of sp³-hybridized carbons (Fsp3) is 0.412. The van der Waals surface area contributed by atoms with Crippen LogP contribution in [0.5, 0.6) is 5.88 Å². The summed E-state index contributed by atoms with van der Waals surface area (Å²) in [5, 5.41) is 11.1. The fourth-order valence-electron chi connectivity index (χ4n) is 2.84. The van der Waals surface area contributed by atoms with Gasteiger partial charge in [0.05, 0.1) is 5.38 Å². The molecule has 24 heavy (non-hydrogen) atoms. The Kier molecular flexibility index (Phi) is 5.01. The van der Waals surface area contributed by atoms with E-state index in [0.717, 1.165) is 37.9 Å². The van der Waals surface area contributed by atoms with Crippen LogP contribution in [0.15, 0.2) is 23.6 Å². The summed E-state index contributed by atoms with van der Waals surface area (Å²) in [5.41, 5.74) is 4.01. The number of benzene rings is 1. The molecule has 1 aliphatic heterocycles. The lowest BCUT2D eigenvalue weighted by molar-refractivity contribution is 0.143. The lowest BCUT2D eigenvalue weighted by atomic mass is 10.0. The summed E-state index contributed by atoms with van der Waals surface area (Å²) in [7, 11) is 0. The van der Waals surface area contributed by atoms with E-state index in [2.05, 4.69) is 51.6 Å². The van der Waals surface area contributed by atoms with Gasteiger partial charge in [0.15, 0.2) is 5.13 Å². The maximum absolute atomic E-state index is 10.5. The Morgan fingerprint density at radius 2 is 2.04 bits per heavy atom. The molecule has 6 nitrogen and oxygen atoms in total. The lowest BCUT2D eigenvalue weighted by Gasteiger charge is -2.34. The summed E-state index contributed by atoms with van der Waals surface area (Å²) >= 11 is 1.42. The molecule has 0 amide bonds. The molecule has 128 valence electrons. The SMILES string of the molecule is Cc1ccc(C)c(CN2CCN(c3nc(OC(=O)O)cs3)CC2)c1. The molecule has 0 radical (unpaired) electrons. The standard InChI is InChI=1S/C17H21N3O3S/c1-12-3-4-13(2)14(9-12)10-19-5-7-20(8-6-19)16-18-15(11-24-16)23-17(21)22/h3-4,9,11H,5-8,10H2,1-2H3,(H,21,22). The normalized spacial score (nSPS) is 15.5. The molecule has 7 heteroatoms. The summed E-state index contributed by atoms with van der Waals surface area (Å²) in [5.74, 6) is 0.153. The van der Waals surface area contributed by atoms with Gasteiger partial charge in [0.2, 0.25) is 5.88 Å². The van der Waals surface area contributed by atoms with E-state index in [1.165, 1.54) is 28.0 Å². The first kappa shape index (κ1) is 16.7. The summed E-state index contributed by atoms with van der Waals surface area (Å²) in [6.45, 7) is 8.93. The molecule has 2 aromatic rings. The summed E-state index contributed by atoms with van der Waals surface area (Å²) in [6.07, 6.45) is -1.33. The monoisotopic (exact) mass is 347 g/mol. The highest BCUT2D eigenvalue weighted by atomic mass is 32.1. The molecule has 1 aliphatic rings. The van der Waals surface area contributed by atoms with Crippen molar-refractivity contribution < 1.29 is 14.6 Å². The first-order valence-electron chi connectivity index (χ1n) is 7.91. The zero-order valence-electron chi connectivity index (χ0n) is 13.9. The Labute approximate surface area is 145 Å². The van der Waals surface area contributed by atoms with E-state index < -0.39 is 6.16 Å². The van der Waals surface area contributed by atoms with Crippen LogP contribution in [-0.2, 0) is 6.54 Å². The van der Waals surface area contributed by atoms with E-state index in [0.29, 0.717) is 0 Å². The molecule has 0 bridgehead atoms. The maximum atomic E-state index is 10.5. The number of aryl methyl sites for hydroxylation is 2. The minimum Gasteiger partial charge on any atom is -0.449 e. The molecule has 0 atom stereocenters. The van der Waals surface area contributed by atoms with Gasteiger partial charge in [-0.2, -0.15) is 4.98 Å². The van der Waals surface area contributed by atoms with Gasteiger partial charge in [0, 0.05) is 32.7 Å². The lowest BCUT2D eigenvalue weighted by Crippen LogP contribution is -2.46. The molecule has 3 rings (SSSR count). The average molecular weight is 347 g/mol. The number of nitrogens with zero attached hydrogens (tertiary/aromatic N) is 3. The molecular formula is C17H21N3O3S. The number of hydrogen-bond acceptors (Lipinski definition) is 6. The first-order valence-corrected chi connectivity index (χ1v) is 8.79. The van der Waals surface area contributed by atoms with Gasteiger partial charge in [0.1, 0.15) is 0 Å².